The molecule has 2 rings (SSSR count). The average Bonchev–Trinajstić information content (AvgIpc) is 2.79. The van der Waals surface area contributed by atoms with Gasteiger partial charge in [-0.25, -0.2) is 4.68 Å². The Morgan fingerprint density at radius 3 is 2.67 bits per heavy atom. The first-order chi connectivity index (χ1) is 8.63. The standard InChI is InChI=1S/C13H15N5/c1-13(2,10-11-6-4-3-5-7-11)12-15-16-17-18(12)9-8-14/h3-7H,9-10H2,1-2H3. The molecular formula is C13H15N5. The molecular weight excluding hydrogens is 226 g/mol. The van der Waals surface area contributed by atoms with Gasteiger partial charge < -0.3 is 0 Å². The van der Waals surface area contributed by atoms with Crippen molar-refractivity contribution in [3.63, 3.8) is 0 Å². The molecule has 1 heterocycles. The molecule has 0 bridgehead atoms. The minimum Gasteiger partial charge on any atom is -0.215 e. The van der Waals surface area contributed by atoms with Crippen molar-refractivity contribution >= 4 is 0 Å². The van der Waals surface area contributed by atoms with Crippen molar-refractivity contribution in [2.24, 2.45) is 0 Å². The van der Waals surface area contributed by atoms with Gasteiger partial charge in [0.15, 0.2) is 5.82 Å². The predicted molar refractivity (Wildman–Crippen MR) is 66.6 cm³/mol. The summed E-state index contributed by atoms with van der Waals surface area (Å²) in [5, 5.41) is 20.3. The summed E-state index contributed by atoms with van der Waals surface area (Å²) in [6.07, 6.45) is 0.833. The van der Waals surface area contributed by atoms with Crippen molar-refractivity contribution in [1.82, 2.24) is 20.2 Å². The molecule has 2 aromatic rings. The van der Waals surface area contributed by atoms with Gasteiger partial charge in [0.2, 0.25) is 0 Å². The molecule has 0 unspecified atom stereocenters. The summed E-state index contributed by atoms with van der Waals surface area (Å²) >= 11 is 0. The fraction of sp³-hybridized carbons (Fsp3) is 0.385. The number of nitriles is 1. The summed E-state index contributed by atoms with van der Waals surface area (Å²) < 4.78 is 1.56. The molecule has 1 aromatic carbocycles. The Morgan fingerprint density at radius 1 is 1.28 bits per heavy atom. The third-order valence-electron chi connectivity index (χ3n) is 2.85. The second-order valence-electron chi connectivity index (χ2n) is 4.86. The summed E-state index contributed by atoms with van der Waals surface area (Å²) in [6, 6.07) is 12.3. The molecule has 0 spiro atoms. The molecule has 92 valence electrons. The van der Waals surface area contributed by atoms with Crippen LogP contribution in [0.4, 0.5) is 0 Å². The van der Waals surface area contributed by atoms with Gasteiger partial charge in [0.05, 0.1) is 6.07 Å². The van der Waals surface area contributed by atoms with E-state index in [-0.39, 0.29) is 12.0 Å². The van der Waals surface area contributed by atoms with Crippen LogP contribution in [0.1, 0.15) is 25.2 Å². The van der Waals surface area contributed by atoms with Crippen LogP contribution >= 0.6 is 0 Å². The van der Waals surface area contributed by atoms with Crippen LogP contribution in [-0.4, -0.2) is 20.2 Å². The average molecular weight is 241 g/mol. The third kappa shape index (κ3) is 2.54. The molecule has 0 amide bonds. The van der Waals surface area contributed by atoms with E-state index in [1.54, 1.807) is 4.68 Å². The van der Waals surface area contributed by atoms with Crippen LogP contribution in [0.2, 0.25) is 0 Å². The van der Waals surface area contributed by atoms with Gasteiger partial charge in [-0.05, 0) is 22.4 Å². The summed E-state index contributed by atoms with van der Waals surface area (Å²) in [4.78, 5) is 0. The fourth-order valence-corrected chi connectivity index (χ4v) is 2.05. The Labute approximate surface area is 106 Å². The van der Waals surface area contributed by atoms with E-state index in [2.05, 4.69) is 47.6 Å². The summed E-state index contributed by atoms with van der Waals surface area (Å²) in [7, 11) is 0. The predicted octanol–water partition coefficient (Wildman–Crippen LogP) is 1.72. The van der Waals surface area contributed by atoms with Crippen LogP contribution in [0.25, 0.3) is 0 Å². The molecule has 18 heavy (non-hydrogen) atoms. The smallest absolute Gasteiger partial charge is 0.158 e. The molecule has 1 aromatic heterocycles. The number of hydrogen-bond acceptors (Lipinski definition) is 4. The van der Waals surface area contributed by atoms with Gasteiger partial charge in [0, 0.05) is 5.41 Å². The van der Waals surface area contributed by atoms with E-state index in [0.717, 1.165) is 12.2 Å². The van der Waals surface area contributed by atoms with E-state index in [4.69, 9.17) is 5.26 Å². The summed E-state index contributed by atoms with van der Waals surface area (Å²) in [5.74, 6) is 0.743. The highest BCUT2D eigenvalue weighted by Gasteiger charge is 2.27. The van der Waals surface area contributed by atoms with Gasteiger partial charge >= 0.3 is 0 Å². The van der Waals surface area contributed by atoms with Gasteiger partial charge in [-0.15, -0.1) is 5.10 Å². The molecule has 0 saturated heterocycles. The minimum absolute atomic E-state index is 0.181. The van der Waals surface area contributed by atoms with Gasteiger partial charge in [-0.1, -0.05) is 44.2 Å². The third-order valence-corrected chi connectivity index (χ3v) is 2.85. The van der Waals surface area contributed by atoms with Crippen molar-refractivity contribution in [1.29, 1.82) is 5.26 Å². The number of nitrogens with zero attached hydrogens (tertiary/aromatic N) is 5. The van der Waals surface area contributed by atoms with Gasteiger partial charge in [0.25, 0.3) is 0 Å². The fourth-order valence-electron chi connectivity index (χ4n) is 2.05. The number of aromatic nitrogens is 4. The number of hydrogen-bond donors (Lipinski definition) is 0. The molecule has 5 heteroatoms. The van der Waals surface area contributed by atoms with E-state index in [1.165, 1.54) is 5.56 Å². The van der Waals surface area contributed by atoms with Crippen LogP contribution in [0.3, 0.4) is 0 Å². The molecule has 0 aliphatic rings. The zero-order chi connectivity index (χ0) is 13.0. The Kier molecular flexibility index (Phi) is 3.38. The summed E-state index contributed by atoms with van der Waals surface area (Å²) in [5.41, 5.74) is 1.02. The molecule has 0 saturated carbocycles. The first-order valence-electron chi connectivity index (χ1n) is 5.81. The molecule has 5 nitrogen and oxygen atoms in total. The second-order valence-corrected chi connectivity index (χ2v) is 4.86. The maximum absolute atomic E-state index is 8.75. The highest BCUT2D eigenvalue weighted by Crippen LogP contribution is 2.25. The van der Waals surface area contributed by atoms with E-state index >= 15 is 0 Å². The number of benzene rings is 1. The van der Waals surface area contributed by atoms with Gasteiger partial charge in [0.1, 0.15) is 6.54 Å². The van der Waals surface area contributed by atoms with E-state index < -0.39 is 0 Å². The van der Waals surface area contributed by atoms with Crippen molar-refractivity contribution in [2.45, 2.75) is 32.2 Å². The van der Waals surface area contributed by atoms with Gasteiger partial charge in [-0.3, -0.25) is 0 Å². The molecule has 0 aliphatic heterocycles. The molecule has 0 aliphatic carbocycles. The molecule has 0 radical (unpaired) electrons. The Balaban J connectivity index is 2.25. The lowest BCUT2D eigenvalue weighted by Gasteiger charge is -2.22. The Hall–Kier alpha value is -2.22. The van der Waals surface area contributed by atoms with Crippen LogP contribution in [0, 0.1) is 11.3 Å². The highest BCUT2D eigenvalue weighted by molar-refractivity contribution is 5.20. The molecule has 0 fully saturated rings. The van der Waals surface area contributed by atoms with E-state index in [9.17, 15) is 0 Å². The van der Waals surface area contributed by atoms with Crippen LogP contribution in [0.15, 0.2) is 30.3 Å². The lowest BCUT2D eigenvalue weighted by molar-refractivity contribution is 0.451. The highest BCUT2D eigenvalue weighted by atomic mass is 15.5. The first kappa shape index (κ1) is 12.2. The monoisotopic (exact) mass is 241 g/mol. The lowest BCUT2D eigenvalue weighted by Crippen LogP contribution is -2.26. The zero-order valence-electron chi connectivity index (χ0n) is 10.5. The zero-order valence-corrected chi connectivity index (χ0v) is 10.5. The minimum atomic E-state index is -0.207. The Morgan fingerprint density at radius 2 is 2.00 bits per heavy atom. The SMILES string of the molecule is CC(C)(Cc1ccccc1)c1nnnn1CC#N. The van der Waals surface area contributed by atoms with Crippen molar-refractivity contribution in [3.05, 3.63) is 41.7 Å². The maximum atomic E-state index is 8.75. The van der Waals surface area contributed by atoms with E-state index in [0.29, 0.717) is 0 Å². The van der Waals surface area contributed by atoms with Crippen molar-refractivity contribution in [3.8, 4) is 6.07 Å². The second kappa shape index (κ2) is 4.96. The lowest BCUT2D eigenvalue weighted by atomic mass is 9.85. The number of tetrazole rings is 1. The Bertz CT molecular complexity index is 550. The van der Waals surface area contributed by atoms with Crippen molar-refractivity contribution in [2.75, 3.05) is 0 Å². The first-order valence-corrected chi connectivity index (χ1v) is 5.81. The molecule has 0 N–H and O–H groups in total. The normalized spacial score (nSPS) is 11.2. The van der Waals surface area contributed by atoms with Gasteiger partial charge in [-0.2, -0.15) is 5.26 Å². The van der Waals surface area contributed by atoms with Crippen LogP contribution < -0.4 is 0 Å². The van der Waals surface area contributed by atoms with E-state index in [1.807, 2.05) is 18.2 Å². The molecule has 0 atom stereocenters. The summed E-state index contributed by atoms with van der Waals surface area (Å²) in [6.45, 7) is 4.35. The number of rotatable bonds is 4. The largest absolute Gasteiger partial charge is 0.215 e. The quantitative estimate of drug-likeness (QED) is 0.817. The topological polar surface area (TPSA) is 67.4 Å². The van der Waals surface area contributed by atoms with Crippen molar-refractivity contribution < 1.29 is 0 Å². The van der Waals surface area contributed by atoms with Crippen LogP contribution in [-0.2, 0) is 18.4 Å². The van der Waals surface area contributed by atoms with Crippen LogP contribution in [0.5, 0.6) is 0 Å². The maximum Gasteiger partial charge on any atom is 0.158 e.